The van der Waals surface area contributed by atoms with Gasteiger partial charge in [-0.1, -0.05) is 23.8 Å². The lowest BCUT2D eigenvalue weighted by Gasteiger charge is -2.51. The van der Waals surface area contributed by atoms with Crippen LogP contribution in [0.2, 0.25) is 0 Å². The second-order valence-electron chi connectivity index (χ2n) is 7.91. The minimum atomic E-state index is -0.473. The summed E-state index contributed by atoms with van der Waals surface area (Å²) in [6, 6.07) is 13.2. The highest BCUT2D eigenvalue weighted by Crippen LogP contribution is 2.36. The van der Waals surface area contributed by atoms with Crippen molar-refractivity contribution in [2.45, 2.75) is 32.4 Å². The normalized spacial score (nSPS) is 17.4. The van der Waals surface area contributed by atoms with Crippen molar-refractivity contribution in [1.82, 2.24) is 10.2 Å². The van der Waals surface area contributed by atoms with Gasteiger partial charge in [0, 0.05) is 33.0 Å². The number of hydrogen-bond acceptors (Lipinski definition) is 4. The summed E-state index contributed by atoms with van der Waals surface area (Å²) in [6.45, 7) is 5.53. The highest BCUT2D eigenvalue weighted by atomic mass is 16.5. The van der Waals surface area contributed by atoms with Gasteiger partial charge in [-0.3, -0.25) is 4.79 Å². The van der Waals surface area contributed by atoms with E-state index in [0.717, 1.165) is 11.3 Å². The maximum absolute atomic E-state index is 12.8. The predicted octanol–water partition coefficient (Wildman–Crippen LogP) is 3.60. The van der Waals surface area contributed by atoms with Crippen LogP contribution in [0.1, 0.15) is 35.7 Å². The monoisotopic (exact) mass is 408 g/mol. The van der Waals surface area contributed by atoms with Gasteiger partial charge in [0.25, 0.3) is 5.91 Å². The minimum Gasteiger partial charge on any atom is -0.492 e. The molecule has 30 heavy (non-hydrogen) atoms. The van der Waals surface area contributed by atoms with Gasteiger partial charge in [0.05, 0.1) is 23.5 Å². The molecule has 0 unspecified atom stereocenters. The van der Waals surface area contributed by atoms with Crippen molar-refractivity contribution >= 4 is 23.3 Å². The fourth-order valence-electron chi connectivity index (χ4n) is 4.30. The van der Waals surface area contributed by atoms with Gasteiger partial charge in [0.15, 0.2) is 0 Å². The molecule has 0 aliphatic carbocycles. The summed E-state index contributed by atoms with van der Waals surface area (Å²) in [4.78, 5) is 29.5. The molecule has 3 amide bonds. The molecular weight excluding hydrogens is 380 g/mol. The Bertz CT molecular complexity index is 967. The smallest absolute Gasteiger partial charge is 0.321 e. The number of urea groups is 1. The van der Waals surface area contributed by atoms with Gasteiger partial charge < -0.3 is 25.2 Å². The van der Waals surface area contributed by atoms with Gasteiger partial charge in [-0.15, -0.1) is 0 Å². The molecule has 7 nitrogen and oxygen atoms in total. The fourth-order valence-corrected chi connectivity index (χ4v) is 4.30. The Kier molecular flexibility index (Phi) is 5.28. The standard InChI is InChI=1S/C23H28N4O3/c1-4-30-20-8-6-5-7-18(20)24-22(29)27-13-11-23(12-14-27)25-21(28)17-15-16(2)9-10-19(17)26(23)3/h5-10,15H,4,11-14H2,1-3H3,(H,24,29)(H,25,28). The van der Waals surface area contributed by atoms with Crippen molar-refractivity contribution in [3.63, 3.8) is 0 Å². The molecular formula is C23H28N4O3. The van der Waals surface area contributed by atoms with Crippen molar-refractivity contribution in [2.75, 3.05) is 37.0 Å². The summed E-state index contributed by atoms with van der Waals surface area (Å²) in [5.41, 5.74) is 2.90. The molecule has 1 saturated heterocycles. The second-order valence-corrected chi connectivity index (χ2v) is 7.91. The molecule has 0 aromatic heterocycles. The molecule has 0 radical (unpaired) electrons. The number of amides is 3. The number of piperidine rings is 1. The van der Waals surface area contributed by atoms with E-state index in [1.54, 1.807) is 4.90 Å². The van der Waals surface area contributed by atoms with Gasteiger partial charge in [0.2, 0.25) is 0 Å². The van der Waals surface area contributed by atoms with Crippen LogP contribution in [-0.2, 0) is 0 Å². The predicted molar refractivity (Wildman–Crippen MR) is 117 cm³/mol. The van der Waals surface area contributed by atoms with Crippen molar-refractivity contribution in [2.24, 2.45) is 0 Å². The molecule has 0 bridgehead atoms. The molecule has 0 saturated carbocycles. The number of para-hydroxylation sites is 2. The van der Waals surface area contributed by atoms with Gasteiger partial charge >= 0.3 is 6.03 Å². The topological polar surface area (TPSA) is 73.9 Å². The molecule has 2 N–H and O–H groups in total. The summed E-state index contributed by atoms with van der Waals surface area (Å²) in [6.07, 6.45) is 1.31. The molecule has 2 aromatic rings. The Morgan fingerprint density at radius 2 is 1.93 bits per heavy atom. The van der Waals surface area contributed by atoms with Gasteiger partial charge in [-0.05, 0) is 38.1 Å². The summed E-state index contributed by atoms with van der Waals surface area (Å²) in [5, 5.41) is 6.17. The number of carbonyl (C=O) groups is 2. The van der Waals surface area contributed by atoms with Gasteiger partial charge in [-0.2, -0.15) is 0 Å². The Morgan fingerprint density at radius 3 is 2.67 bits per heavy atom. The molecule has 7 heteroatoms. The number of rotatable bonds is 3. The van der Waals surface area contributed by atoms with Crippen LogP contribution in [0.15, 0.2) is 42.5 Å². The number of benzene rings is 2. The molecule has 2 aliphatic rings. The third-order valence-corrected chi connectivity index (χ3v) is 6.05. The number of likely N-dealkylation sites (tertiary alicyclic amines) is 1. The average Bonchev–Trinajstić information content (AvgIpc) is 2.74. The third-order valence-electron chi connectivity index (χ3n) is 6.05. The molecule has 1 fully saturated rings. The molecule has 1 spiro atoms. The van der Waals surface area contributed by atoms with Crippen molar-refractivity contribution in [3.05, 3.63) is 53.6 Å². The van der Waals surface area contributed by atoms with Gasteiger partial charge in [0.1, 0.15) is 11.4 Å². The number of aryl methyl sites for hydroxylation is 1. The zero-order valence-corrected chi connectivity index (χ0v) is 17.7. The molecule has 158 valence electrons. The third kappa shape index (κ3) is 3.56. The first-order valence-electron chi connectivity index (χ1n) is 10.4. The number of hydrogen-bond donors (Lipinski definition) is 2. The summed E-state index contributed by atoms with van der Waals surface area (Å²) in [5.74, 6) is 0.614. The van der Waals surface area contributed by atoms with Crippen molar-refractivity contribution in [1.29, 1.82) is 0 Å². The van der Waals surface area contributed by atoms with Crippen LogP contribution in [0.25, 0.3) is 0 Å². The lowest BCUT2D eigenvalue weighted by Crippen LogP contribution is -2.67. The number of anilines is 2. The first kappa shape index (κ1) is 20.1. The molecule has 4 rings (SSSR count). The van der Waals surface area contributed by atoms with Crippen molar-refractivity contribution < 1.29 is 14.3 Å². The minimum absolute atomic E-state index is 0.0460. The Balaban J connectivity index is 1.45. The number of fused-ring (bicyclic) bond motifs is 1. The SMILES string of the molecule is CCOc1ccccc1NC(=O)N1CCC2(CC1)NC(=O)c1cc(C)ccc1N2C. The molecule has 0 atom stereocenters. The van der Waals surface area contributed by atoms with E-state index in [-0.39, 0.29) is 11.9 Å². The zero-order valence-electron chi connectivity index (χ0n) is 17.7. The zero-order chi connectivity index (χ0) is 21.3. The second kappa shape index (κ2) is 7.89. The Hall–Kier alpha value is -3.22. The molecule has 2 aliphatic heterocycles. The summed E-state index contributed by atoms with van der Waals surface area (Å²) < 4.78 is 5.60. The van der Waals surface area contributed by atoms with E-state index in [0.29, 0.717) is 49.5 Å². The Labute approximate surface area is 177 Å². The fraction of sp³-hybridized carbons (Fsp3) is 0.391. The number of nitrogens with one attached hydrogen (secondary N) is 2. The lowest BCUT2D eigenvalue weighted by molar-refractivity contribution is 0.0815. The van der Waals surface area contributed by atoms with Crippen LogP contribution >= 0.6 is 0 Å². The van der Waals surface area contributed by atoms with E-state index in [2.05, 4.69) is 15.5 Å². The van der Waals surface area contributed by atoms with Crippen LogP contribution in [0.5, 0.6) is 5.75 Å². The maximum atomic E-state index is 12.8. The number of nitrogens with zero attached hydrogens (tertiary/aromatic N) is 2. The van der Waals surface area contributed by atoms with E-state index < -0.39 is 5.66 Å². The van der Waals surface area contributed by atoms with Crippen molar-refractivity contribution in [3.8, 4) is 5.75 Å². The van der Waals surface area contributed by atoms with Crippen LogP contribution < -0.4 is 20.3 Å². The first-order chi connectivity index (χ1) is 14.4. The quantitative estimate of drug-likeness (QED) is 0.814. The largest absolute Gasteiger partial charge is 0.492 e. The summed E-state index contributed by atoms with van der Waals surface area (Å²) >= 11 is 0. The van der Waals surface area contributed by atoms with Crippen LogP contribution in [0, 0.1) is 6.92 Å². The number of ether oxygens (including phenoxy) is 1. The van der Waals surface area contributed by atoms with E-state index in [4.69, 9.17) is 4.74 Å². The van der Waals surface area contributed by atoms with Crippen LogP contribution in [0.3, 0.4) is 0 Å². The van der Waals surface area contributed by atoms with Crippen LogP contribution in [-0.4, -0.2) is 49.2 Å². The first-order valence-corrected chi connectivity index (χ1v) is 10.4. The summed E-state index contributed by atoms with van der Waals surface area (Å²) in [7, 11) is 2.02. The molecule has 2 aromatic carbocycles. The highest BCUT2D eigenvalue weighted by molar-refractivity contribution is 6.02. The van der Waals surface area contributed by atoms with Gasteiger partial charge in [-0.25, -0.2) is 4.79 Å². The average molecular weight is 409 g/mol. The maximum Gasteiger partial charge on any atom is 0.321 e. The van der Waals surface area contributed by atoms with E-state index in [9.17, 15) is 9.59 Å². The van der Waals surface area contributed by atoms with E-state index >= 15 is 0 Å². The molecule has 2 heterocycles. The highest BCUT2D eigenvalue weighted by Gasteiger charge is 2.44. The lowest BCUT2D eigenvalue weighted by atomic mass is 9.90. The van der Waals surface area contributed by atoms with Crippen LogP contribution in [0.4, 0.5) is 16.2 Å². The van der Waals surface area contributed by atoms with E-state index in [1.807, 2.05) is 63.4 Å². The van der Waals surface area contributed by atoms with E-state index in [1.165, 1.54) is 0 Å². The Morgan fingerprint density at radius 1 is 1.20 bits per heavy atom. The number of carbonyl (C=O) groups excluding carboxylic acids is 2.